The third-order valence-corrected chi connectivity index (χ3v) is 7.41. The summed E-state index contributed by atoms with van der Waals surface area (Å²) >= 11 is 0. The number of carbonyl (C=O) groups excluding carboxylic acids is 2. The van der Waals surface area contributed by atoms with E-state index in [0.717, 1.165) is 26.1 Å². The standard InChI is InChI=1S/C32H42N2O7/c1-5-40-25-10-7-23(8-11-25)30(35)28-29(24-9-12-26(27(21-24)38-4)41-18-13-22(2)3)34(32(37)31(28)36)15-6-14-33-16-19-39-20-17-33/h7-12,21-22,29,35H,5-6,13-20H2,1-4H3. The summed E-state index contributed by atoms with van der Waals surface area (Å²) in [6.07, 6.45) is 1.58. The molecule has 2 aromatic rings. The number of benzene rings is 2. The van der Waals surface area contributed by atoms with Gasteiger partial charge in [0.15, 0.2) is 11.5 Å². The van der Waals surface area contributed by atoms with E-state index >= 15 is 0 Å². The number of carbonyl (C=O) groups is 2. The van der Waals surface area contributed by atoms with E-state index in [4.69, 9.17) is 18.9 Å². The smallest absolute Gasteiger partial charge is 0.295 e. The van der Waals surface area contributed by atoms with Crippen molar-refractivity contribution in [3.05, 3.63) is 59.2 Å². The Morgan fingerprint density at radius 3 is 2.41 bits per heavy atom. The molecule has 0 saturated carbocycles. The summed E-state index contributed by atoms with van der Waals surface area (Å²) in [5, 5.41) is 11.4. The Morgan fingerprint density at radius 1 is 1.02 bits per heavy atom. The van der Waals surface area contributed by atoms with Crippen molar-refractivity contribution in [1.29, 1.82) is 0 Å². The summed E-state index contributed by atoms with van der Waals surface area (Å²) in [7, 11) is 1.56. The minimum absolute atomic E-state index is 0.0565. The predicted octanol–water partition coefficient (Wildman–Crippen LogP) is 4.66. The minimum atomic E-state index is -0.773. The number of morpholine rings is 1. The number of methoxy groups -OCH3 is 1. The number of amides is 1. The van der Waals surface area contributed by atoms with Crippen LogP contribution in [0.25, 0.3) is 5.76 Å². The second-order valence-electron chi connectivity index (χ2n) is 10.7. The van der Waals surface area contributed by atoms with Gasteiger partial charge in [-0.05, 0) is 67.6 Å². The molecule has 0 bridgehead atoms. The maximum absolute atomic E-state index is 13.5. The summed E-state index contributed by atoms with van der Waals surface area (Å²) < 4.78 is 22.6. The van der Waals surface area contributed by atoms with E-state index in [2.05, 4.69) is 18.7 Å². The molecule has 41 heavy (non-hydrogen) atoms. The van der Waals surface area contributed by atoms with E-state index in [1.54, 1.807) is 48.4 Å². The van der Waals surface area contributed by atoms with Gasteiger partial charge in [-0.25, -0.2) is 0 Å². The monoisotopic (exact) mass is 566 g/mol. The highest BCUT2D eigenvalue weighted by atomic mass is 16.5. The van der Waals surface area contributed by atoms with Crippen molar-refractivity contribution in [3.63, 3.8) is 0 Å². The number of hydrogen-bond donors (Lipinski definition) is 1. The zero-order valence-electron chi connectivity index (χ0n) is 24.6. The van der Waals surface area contributed by atoms with Crippen molar-refractivity contribution in [1.82, 2.24) is 9.80 Å². The molecule has 2 heterocycles. The Hall–Kier alpha value is -3.56. The fraction of sp³-hybridized carbons (Fsp3) is 0.500. The minimum Gasteiger partial charge on any atom is -0.507 e. The van der Waals surface area contributed by atoms with Crippen LogP contribution in [0.1, 0.15) is 50.8 Å². The molecule has 1 atom stereocenters. The second-order valence-corrected chi connectivity index (χ2v) is 10.7. The van der Waals surface area contributed by atoms with Crippen molar-refractivity contribution in [2.75, 3.05) is 59.7 Å². The van der Waals surface area contributed by atoms with E-state index < -0.39 is 17.7 Å². The zero-order chi connectivity index (χ0) is 29.4. The molecular formula is C32H42N2O7. The van der Waals surface area contributed by atoms with Crippen LogP contribution < -0.4 is 14.2 Å². The molecule has 4 rings (SSSR count). The molecule has 9 heteroatoms. The van der Waals surface area contributed by atoms with Crippen LogP contribution in [0.15, 0.2) is 48.0 Å². The number of aliphatic hydroxyl groups excluding tert-OH is 1. The van der Waals surface area contributed by atoms with Crippen LogP contribution in [0.2, 0.25) is 0 Å². The summed E-state index contributed by atoms with van der Waals surface area (Å²) in [5.74, 6) is 0.703. The highest BCUT2D eigenvalue weighted by Gasteiger charge is 2.46. The maximum atomic E-state index is 13.5. The molecule has 9 nitrogen and oxygen atoms in total. The third-order valence-electron chi connectivity index (χ3n) is 7.41. The van der Waals surface area contributed by atoms with Crippen LogP contribution in [0.5, 0.6) is 17.2 Å². The lowest BCUT2D eigenvalue weighted by Gasteiger charge is -2.29. The molecule has 1 amide bonds. The fourth-order valence-electron chi connectivity index (χ4n) is 5.16. The van der Waals surface area contributed by atoms with Crippen LogP contribution in [-0.2, 0) is 14.3 Å². The van der Waals surface area contributed by atoms with Crippen molar-refractivity contribution >= 4 is 17.4 Å². The highest BCUT2D eigenvalue weighted by molar-refractivity contribution is 6.46. The van der Waals surface area contributed by atoms with E-state index in [1.807, 2.05) is 13.0 Å². The van der Waals surface area contributed by atoms with Gasteiger partial charge in [0.1, 0.15) is 11.5 Å². The first-order valence-corrected chi connectivity index (χ1v) is 14.5. The Morgan fingerprint density at radius 2 is 1.76 bits per heavy atom. The number of nitrogens with zero attached hydrogens (tertiary/aromatic N) is 2. The van der Waals surface area contributed by atoms with Gasteiger partial charge in [0.05, 0.1) is 45.2 Å². The molecule has 0 spiro atoms. The lowest BCUT2D eigenvalue weighted by atomic mass is 9.95. The quantitative estimate of drug-likeness (QED) is 0.212. The Labute approximate surface area is 242 Å². The van der Waals surface area contributed by atoms with Crippen molar-refractivity contribution in [2.24, 2.45) is 5.92 Å². The molecule has 0 radical (unpaired) electrons. The number of likely N-dealkylation sites (tertiary alicyclic amines) is 1. The van der Waals surface area contributed by atoms with Crippen molar-refractivity contribution < 1.29 is 33.6 Å². The Bertz CT molecular complexity index is 1220. The first kappa shape index (κ1) is 30.4. The number of rotatable bonds is 13. The maximum Gasteiger partial charge on any atom is 0.295 e. The molecular weight excluding hydrogens is 524 g/mol. The largest absolute Gasteiger partial charge is 0.507 e. The van der Waals surface area contributed by atoms with E-state index in [0.29, 0.717) is 73.7 Å². The van der Waals surface area contributed by atoms with Crippen LogP contribution >= 0.6 is 0 Å². The van der Waals surface area contributed by atoms with E-state index in [1.165, 1.54) is 0 Å². The molecule has 2 aromatic carbocycles. The normalized spacial score (nSPS) is 19.1. The van der Waals surface area contributed by atoms with Gasteiger partial charge < -0.3 is 29.0 Å². The van der Waals surface area contributed by atoms with Gasteiger partial charge >= 0.3 is 0 Å². The summed E-state index contributed by atoms with van der Waals surface area (Å²) in [5.41, 5.74) is 1.16. The molecule has 1 N–H and O–H groups in total. The number of Topliss-reactive ketones (excluding diaryl/α,β-unsaturated/α-hetero) is 1. The predicted molar refractivity (Wildman–Crippen MR) is 156 cm³/mol. The van der Waals surface area contributed by atoms with E-state index in [-0.39, 0.29) is 11.3 Å². The lowest BCUT2D eigenvalue weighted by molar-refractivity contribution is -0.140. The van der Waals surface area contributed by atoms with Crippen molar-refractivity contribution in [2.45, 2.75) is 39.7 Å². The van der Waals surface area contributed by atoms with Gasteiger partial charge in [0, 0.05) is 31.7 Å². The van der Waals surface area contributed by atoms with Gasteiger partial charge in [-0.1, -0.05) is 19.9 Å². The summed E-state index contributed by atoms with van der Waals surface area (Å²) in [4.78, 5) is 30.7. The summed E-state index contributed by atoms with van der Waals surface area (Å²) in [6, 6.07) is 11.5. The average Bonchev–Trinajstić information content (AvgIpc) is 3.23. The first-order chi connectivity index (χ1) is 19.8. The number of aliphatic hydroxyl groups is 1. The van der Waals surface area contributed by atoms with Gasteiger partial charge in [-0.2, -0.15) is 0 Å². The number of ketones is 1. The van der Waals surface area contributed by atoms with Gasteiger partial charge in [0.25, 0.3) is 11.7 Å². The zero-order valence-corrected chi connectivity index (χ0v) is 24.6. The molecule has 0 aliphatic carbocycles. The second kappa shape index (κ2) is 14.4. The van der Waals surface area contributed by atoms with Gasteiger partial charge in [-0.3, -0.25) is 14.5 Å². The fourth-order valence-corrected chi connectivity index (χ4v) is 5.16. The Balaban J connectivity index is 1.68. The van der Waals surface area contributed by atoms with Gasteiger partial charge in [0.2, 0.25) is 0 Å². The molecule has 2 aliphatic rings. The topological polar surface area (TPSA) is 97.8 Å². The lowest BCUT2D eigenvalue weighted by Crippen LogP contribution is -2.39. The Kier molecular flexibility index (Phi) is 10.7. The average molecular weight is 567 g/mol. The van der Waals surface area contributed by atoms with Crippen LogP contribution in [0.3, 0.4) is 0 Å². The number of ether oxygens (including phenoxy) is 4. The molecule has 222 valence electrons. The van der Waals surface area contributed by atoms with Crippen molar-refractivity contribution in [3.8, 4) is 17.2 Å². The molecule has 2 aliphatic heterocycles. The highest BCUT2D eigenvalue weighted by Crippen LogP contribution is 2.42. The SMILES string of the molecule is CCOc1ccc(C(O)=C2C(=O)C(=O)N(CCCN3CCOCC3)C2c2ccc(OCCC(C)C)c(OC)c2)cc1. The van der Waals surface area contributed by atoms with Crippen LogP contribution in [0.4, 0.5) is 0 Å². The van der Waals surface area contributed by atoms with Crippen LogP contribution in [-0.4, -0.2) is 86.3 Å². The van der Waals surface area contributed by atoms with Gasteiger partial charge in [-0.15, -0.1) is 0 Å². The molecule has 2 fully saturated rings. The number of hydrogen-bond acceptors (Lipinski definition) is 8. The van der Waals surface area contributed by atoms with E-state index in [9.17, 15) is 14.7 Å². The first-order valence-electron chi connectivity index (χ1n) is 14.5. The molecule has 1 unspecified atom stereocenters. The molecule has 0 aromatic heterocycles. The summed E-state index contributed by atoms with van der Waals surface area (Å²) in [6.45, 7) is 11.4. The van der Waals surface area contributed by atoms with Crippen LogP contribution in [0, 0.1) is 5.92 Å². The third kappa shape index (κ3) is 7.40. The molecule has 2 saturated heterocycles.